The fraction of sp³-hybridized carbons (Fsp3) is 0.167. The number of carbonyl (C=O) groups excluding carboxylic acids is 2. The predicted molar refractivity (Wildman–Crippen MR) is 124 cm³/mol. The van der Waals surface area contributed by atoms with Crippen molar-refractivity contribution in [2.45, 2.75) is 0 Å². The van der Waals surface area contributed by atoms with Crippen LogP contribution in [0, 0.1) is 0 Å². The summed E-state index contributed by atoms with van der Waals surface area (Å²) >= 11 is 0. The van der Waals surface area contributed by atoms with Crippen LogP contribution in [0.25, 0.3) is 10.8 Å². The maximum absolute atomic E-state index is 12.7. The molecule has 2 N–H and O–H groups in total. The summed E-state index contributed by atoms with van der Waals surface area (Å²) in [4.78, 5) is 27.4. The number of ether oxygens (including phenoxy) is 1. The number of benzene rings is 3. The zero-order valence-corrected chi connectivity index (χ0v) is 17.7. The molecule has 1 saturated heterocycles. The molecular formula is C24H21N5O4. The number of fused-ring (bicyclic) bond motifs is 1. The van der Waals surface area contributed by atoms with Crippen molar-refractivity contribution in [2.24, 2.45) is 0 Å². The highest BCUT2D eigenvalue weighted by Gasteiger charge is 2.18. The summed E-state index contributed by atoms with van der Waals surface area (Å²) in [6.45, 7) is 3.08. The van der Waals surface area contributed by atoms with E-state index in [2.05, 4.69) is 25.7 Å². The van der Waals surface area contributed by atoms with E-state index < -0.39 is 11.8 Å². The molecule has 5 rings (SSSR count). The van der Waals surface area contributed by atoms with Gasteiger partial charge in [-0.25, -0.2) is 0 Å². The van der Waals surface area contributed by atoms with Gasteiger partial charge in [-0.2, -0.15) is 0 Å². The fourth-order valence-corrected chi connectivity index (χ4v) is 3.72. The van der Waals surface area contributed by atoms with Gasteiger partial charge in [0.25, 0.3) is 5.91 Å². The predicted octanol–water partition coefficient (Wildman–Crippen LogP) is 3.56. The summed E-state index contributed by atoms with van der Waals surface area (Å²) in [6, 6.07) is 20.3. The lowest BCUT2D eigenvalue weighted by atomic mass is 10.0. The highest BCUT2D eigenvalue weighted by atomic mass is 16.5. The van der Waals surface area contributed by atoms with Crippen LogP contribution in [0.5, 0.6) is 0 Å². The van der Waals surface area contributed by atoms with E-state index in [4.69, 9.17) is 9.15 Å². The van der Waals surface area contributed by atoms with Gasteiger partial charge in [0.1, 0.15) is 0 Å². The Balaban J connectivity index is 1.23. The Bertz CT molecular complexity index is 1290. The summed E-state index contributed by atoms with van der Waals surface area (Å²) in [5.74, 6) is -1.21. The topological polar surface area (TPSA) is 110 Å². The lowest BCUT2D eigenvalue weighted by molar-refractivity contribution is 0.0983. The second-order valence-electron chi connectivity index (χ2n) is 7.49. The molecular weight excluding hydrogens is 422 g/mol. The molecule has 0 unspecified atom stereocenters. The summed E-state index contributed by atoms with van der Waals surface area (Å²) in [6.07, 6.45) is 0. The van der Waals surface area contributed by atoms with Crippen LogP contribution in [0.4, 0.5) is 17.4 Å². The van der Waals surface area contributed by atoms with Crippen molar-refractivity contribution in [1.82, 2.24) is 10.2 Å². The molecule has 0 radical (unpaired) electrons. The van der Waals surface area contributed by atoms with Crippen LogP contribution in [0.2, 0.25) is 0 Å². The Labute approximate surface area is 189 Å². The minimum atomic E-state index is -0.563. The highest BCUT2D eigenvalue weighted by molar-refractivity contribution is 6.12. The van der Waals surface area contributed by atoms with E-state index >= 15 is 0 Å². The second kappa shape index (κ2) is 9.09. The molecule has 1 aliphatic heterocycles. The number of nitrogens with zero attached hydrogens (tertiary/aromatic N) is 3. The molecule has 9 nitrogen and oxygen atoms in total. The van der Waals surface area contributed by atoms with Crippen LogP contribution < -0.4 is 15.5 Å². The molecule has 3 aromatic carbocycles. The third-order valence-electron chi connectivity index (χ3n) is 5.38. The molecule has 166 valence electrons. The van der Waals surface area contributed by atoms with E-state index in [1.807, 2.05) is 54.6 Å². The molecule has 2 amide bonds. The number of nitrogens with one attached hydrogen (secondary N) is 2. The van der Waals surface area contributed by atoms with Crippen LogP contribution >= 0.6 is 0 Å². The van der Waals surface area contributed by atoms with Gasteiger partial charge in [-0.15, -0.1) is 5.10 Å². The SMILES string of the molecule is O=C(Nc1ccc(N2CCOCC2)cc1)c1nnc(NC(=O)c2cccc3ccccc23)o1. The minimum Gasteiger partial charge on any atom is -0.399 e. The first-order chi connectivity index (χ1) is 16.2. The molecule has 0 spiro atoms. The Morgan fingerprint density at radius 1 is 0.818 bits per heavy atom. The van der Waals surface area contributed by atoms with E-state index in [9.17, 15) is 9.59 Å². The molecule has 1 fully saturated rings. The summed E-state index contributed by atoms with van der Waals surface area (Å²) < 4.78 is 10.7. The molecule has 1 aliphatic rings. The highest BCUT2D eigenvalue weighted by Crippen LogP contribution is 2.21. The third kappa shape index (κ3) is 4.53. The van der Waals surface area contributed by atoms with E-state index in [0.717, 1.165) is 29.5 Å². The standard InChI is InChI=1S/C24H21N5O4/c30-21(20-7-3-5-16-4-1-2-6-19(16)20)26-24-28-27-23(33-24)22(31)25-17-8-10-18(11-9-17)29-12-14-32-15-13-29/h1-11H,12-15H2,(H,25,31)(H,26,28,30). The molecule has 0 saturated carbocycles. The van der Waals surface area contributed by atoms with Crippen LogP contribution in [-0.2, 0) is 4.74 Å². The first-order valence-corrected chi connectivity index (χ1v) is 10.5. The number of aromatic nitrogens is 2. The number of amides is 2. The number of carbonyl (C=O) groups is 2. The van der Waals surface area contributed by atoms with Gasteiger partial charge in [0, 0.05) is 30.0 Å². The van der Waals surface area contributed by atoms with Crippen LogP contribution in [-0.4, -0.2) is 48.3 Å². The van der Waals surface area contributed by atoms with Gasteiger partial charge in [0.2, 0.25) is 0 Å². The molecule has 0 aliphatic carbocycles. The lowest BCUT2D eigenvalue weighted by Gasteiger charge is -2.28. The quantitative estimate of drug-likeness (QED) is 0.485. The summed E-state index contributed by atoms with van der Waals surface area (Å²) in [7, 11) is 0. The van der Waals surface area contributed by atoms with Crippen molar-refractivity contribution in [2.75, 3.05) is 41.8 Å². The van der Waals surface area contributed by atoms with Gasteiger partial charge < -0.3 is 19.4 Å². The van der Waals surface area contributed by atoms with E-state index in [1.54, 1.807) is 12.1 Å². The Morgan fingerprint density at radius 3 is 2.39 bits per heavy atom. The number of hydrogen-bond donors (Lipinski definition) is 2. The number of rotatable bonds is 5. The molecule has 4 aromatic rings. The smallest absolute Gasteiger partial charge is 0.322 e. The molecule has 1 aromatic heterocycles. The number of anilines is 3. The molecule has 2 heterocycles. The van der Waals surface area contributed by atoms with Crippen molar-refractivity contribution in [3.05, 3.63) is 78.2 Å². The zero-order chi connectivity index (χ0) is 22.6. The Hall–Kier alpha value is -4.24. The summed E-state index contributed by atoms with van der Waals surface area (Å²) in [5, 5.41) is 14.5. The average molecular weight is 443 g/mol. The molecule has 9 heteroatoms. The minimum absolute atomic E-state index is 0.152. The van der Waals surface area contributed by atoms with Gasteiger partial charge in [-0.1, -0.05) is 41.5 Å². The molecule has 0 atom stereocenters. The van der Waals surface area contributed by atoms with Crippen molar-refractivity contribution in [3.8, 4) is 0 Å². The average Bonchev–Trinajstić information content (AvgIpc) is 3.33. The number of morpholine rings is 1. The summed E-state index contributed by atoms with van der Waals surface area (Å²) in [5.41, 5.74) is 2.13. The first kappa shape index (κ1) is 20.7. The second-order valence-corrected chi connectivity index (χ2v) is 7.49. The van der Waals surface area contributed by atoms with Crippen LogP contribution in [0.1, 0.15) is 21.0 Å². The van der Waals surface area contributed by atoms with Gasteiger partial charge in [-0.3, -0.25) is 14.9 Å². The van der Waals surface area contributed by atoms with Crippen molar-refractivity contribution in [1.29, 1.82) is 0 Å². The Kier molecular flexibility index (Phi) is 5.69. The maximum atomic E-state index is 12.7. The van der Waals surface area contributed by atoms with E-state index in [-0.39, 0.29) is 11.9 Å². The van der Waals surface area contributed by atoms with Gasteiger partial charge in [0.15, 0.2) is 0 Å². The Morgan fingerprint density at radius 2 is 1.58 bits per heavy atom. The van der Waals surface area contributed by atoms with Crippen molar-refractivity contribution in [3.63, 3.8) is 0 Å². The lowest BCUT2D eigenvalue weighted by Crippen LogP contribution is -2.36. The zero-order valence-electron chi connectivity index (χ0n) is 17.7. The molecule has 33 heavy (non-hydrogen) atoms. The first-order valence-electron chi connectivity index (χ1n) is 10.5. The largest absolute Gasteiger partial charge is 0.399 e. The van der Waals surface area contributed by atoms with Crippen LogP contribution in [0.3, 0.4) is 0 Å². The van der Waals surface area contributed by atoms with Gasteiger partial charge in [0.05, 0.1) is 13.2 Å². The maximum Gasteiger partial charge on any atom is 0.322 e. The van der Waals surface area contributed by atoms with Gasteiger partial charge in [-0.05, 0) is 41.1 Å². The van der Waals surface area contributed by atoms with E-state index in [0.29, 0.717) is 24.5 Å². The van der Waals surface area contributed by atoms with E-state index in [1.165, 1.54) is 0 Å². The molecule has 0 bridgehead atoms. The normalized spacial score (nSPS) is 13.6. The van der Waals surface area contributed by atoms with Crippen molar-refractivity contribution >= 4 is 40.0 Å². The fourth-order valence-electron chi connectivity index (χ4n) is 3.72. The third-order valence-corrected chi connectivity index (χ3v) is 5.38. The van der Waals surface area contributed by atoms with Gasteiger partial charge >= 0.3 is 17.8 Å². The monoisotopic (exact) mass is 443 g/mol. The number of hydrogen-bond acceptors (Lipinski definition) is 7. The van der Waals surface area contributed by atoms with Crippen molar-refractivity contribution < 1.29 is 18.7 Å². The van der Waals surface area contributed by atoms with Crippen LogP contribution in [0.15, 0.2) is 71.1 Å².